The SMILES string of the molecule is C[C@H]1[C@H]2Sc3[nH]c(=O)sc3[C@H](c3ccccc3)[C@H]2[C@@H](C)[C@@H]2C(=O)N(c3ccc(N4CCN(C)CC4)c([N+](=O)[O-])c3)C(=O)[C@H]12. The maximum atomic E-state index is 14.2. The van der Waals surface area contributed by atoms with Crippen LogP contribution < -0.4 is 14.7 Å². The molecular weight excluding hydrogens is 587 g/mol. The molecule has 7 atom stereocenters. The molecule has 2 amide bonds. The number of thioether (sulfide) groups is 1. The molecule has 4 heterocycles. The van der Waals surface area contributed by atoms with Crippen molar-refractivity contribution in [1.29, 1.82) is 0 Å². The second-order valence-corrected chi connectivity index (χ2v) is 14.5. The fraction of sp³-hybridized carbons (Fsp3) is 0.452. The lowest BCUT2D eigenvalue weighted by Gasteiger charge is -2.50. The van der Waals surface area contributed by atoms with E-state index in [1.807, 2.05) is 37.1 Å². The summed E-state index contributed by atoms with van der Waals surface area (Å²) in [5.41, 5.74) is 1.76. The van der Waals surface area contributed by atoms with Crippen LogP contribution in [0.1, 0.15) is 30.2 Å². The third-order valence-electron chi connectivity index (χ3n) is 10.0. The summed E-state index contributed by atoms with van der Waals surface area (Å²) in [6, 6.07) is 14.9. The number of rotatable bonds is 4. The second kappa shape index (κ2) is 10.6. The van der Waals surface area contributed by atoms with Crippen molar-refractivity contribution in [2.24, 2.45) is 29.6 Å². The van der Waals surface area contributed by atoms with Crippen LogP contribution in [0.2, 0.25) is 0 Å². The predicted molar refractivity (Wildman–Crippen MR) is 167 cm³/mol. The van der Waals surface area contributed by atoms with E-state index in [-0.39, 0.29) is 57.0 Å². The third-order valence-corrected chi connectivity index (χ3v) is 12.7. The summed E-state index contributed by atoms with van der Waals surface area (Å²) in [6.45, 7) is 7.03. The summed E-state index contributed by atoms with van der Waals surface area (Å²) < 4.78 is 0. The number of H-pyrrole nitrogens is 1. The fourth-order valence-electron chi connectivity index (χ4n) is 7.92. The zero-order valence-corrected chi connectivity index (χ0v) is 25.8. The molecule has 4 aliphatic rings. The number of aromatic nitrogens is 1. The van der Waals surface area contributed by atoms with Crippen molar-refractivity contribution in [1.82, 2.24) is 9.88 Å². The minimum Gasteiger partial charge on any atom is -0.363 e. The Hall–Kier alpha value is -3.48. The van der Waals surface area contributed by atoms with Crippen molar-refractivity contribution in [3.8, 4) is 0 Å². The molecule has 1 aromatic heterocycles. The van der Waals surface area contributed by atoms with E-state index in [4.69, 9.17) is 0 Å². The van der Waals surface area contributed by atoms with E-state index in [1.165, 1.54) is 22.3 Å². The number of amides is 2. The molecular formula is C31H33N5O5S2. The molecule has 0 unspecified atom stereocenters. The van der Waals surface area contributed by atoms with Gasteiger partial charge in [-0.05, 0) is 42.5 Å². The van der Waals surface area contributed by atoms with Crippen LogP contribution in [0.4, 0.5) is 17.1 Å². The van der Waals surface area contributed by atoms with Gasteiger partial charge in [-0.1, -0.05) is 55.5 Å². The summed E-state index contributed by atoms with van der Waals surface area (Å²) in [5, 5.41) is 13.1. The number of anilines is 2. The van der Waals surface area contributed by atoms with Gasteiger partial charge in [0.05, 0.1) is 27.5 Å². The molecule has 1 aliphatic carbocycles. The maximum Gasteiger partial charge on any atom is 0.305 e. The van der Waals surface area contributed by atoms with Gasteiger partial charge in [0.25, 0.3) is 5.69 Å². The first-order chi connectivity index (χ1) is 20.7. The Balaban J connectivity index is 1.26. The van der Waals surface area contributed by atoms with Crippen molar-refractivity contribution in [2.45, 2.75) is 30.0 Å². The number of nitro groups is 1. The van der Waals surface area contributed by atoms with Gasteiger partial charge in [-0.15, -0.1) is 11.8 Å². The first kappa shape index (κ1) is 28.3. The Kier molecular flexibility index (Phi) is 6.98. The van der Waals surface area contributed by atoms with E-state index in [0.29, 0.717) is 18.8 Å². The number of carbonyl (C=O) groups is 2. The topological polar surface area (TPSA) is 120 Å². The molecule has 7 rings (SSSR count). The second-order valence-electron chi connectivity index (χ2n) is 12.3. The minimum absolute atomic E-state index is 0.00449. The van der Waals surface area contributed by atoms with Crippen LogP contribution in [0.15, 0.2) is 58.4 Å². The quantitative estimate of drug-likeness (QED) is 0.259. The number of nitrogens with zero attached hydrogens (tertiary/aromatic N) is 4. The van der Waals surface area contributed by atoms with Crippen LogP contribution in [0.25, 0.3) is 0 Å². The van der Waals surface area contributed by atoms with E-state index in [0.717, 1.165) is 28.6 Å². The van der Waals surface area contributed by atoms with Gasteiger partial charge in [0.15, 0.2) is 0 Å². The number of thiazole rings is 1. The Morgan fingerprint density at radius 1 is 0.930 bits per heavy atom. The molecule has 43 heavy (non-hydrogen) atoms. The first-order valence-electron chi connectivity index (χ1n) is 14.7. The number of benzene rings is 2. The Bertz CT molecular complexity index is 1670. The number of aromatic amines is 1. The van der Waals surface area contributed by atoms with E-state index in [2.05, 4.69) is 28.9 Å². The zero-order valence-electron chi connectivity index (χ0n) is 24.1. The molecule has 3 aromatic rings. The molecule has 0 radical (unpaired) electrons. The van der Waals surface area contributed by atoms with Crippen LogP contribution in [0.5, 0.6) is 0 Å². The monoisotopic (exact) mass is 619 g/mol. The molecule has 12 heteroatoms. The first-order valence-corrected chi connectivity index (χ1v) is 16.4. The molecule has 3 fully saturated rings. The number of imide groups is 1. The van der Waals surface area contributed by atoms with Gasteiger partial charge >= 0.3 is 4.87 Å². The van der Waals surface area contributed by atoms with Crippen molar-refractivity contribution in [3.63, 3.8) is 0 Å². The minimum atomic E-state index is -0.552. The maximum absolute atomic E-state index is 14.2. The summed E-state index contributed by atoms with van der Waals surface area (Å²) in [6.07, 6.45) is 0. The molecule has 2 aromatic carbocycles. The lowest BCUT2D eigenvalue weighted by molar-refractivity contribution is -0.384. The number of nitrogens with one attached hydrogen (secondary N) is 1. The largest absolute Gasteiger partial charge is 0.363 e. The van der Waals surface area contributed by atoms with Crippen LogP contribution in [-0.2, 0) is 9.59 Å². The highest BCUT2D eigenvalue weighted by Gasteiger charge is 2.62. The van der Waals surface area contributed by atoms with Crippen LogP contribution in [-0.4, -0.2) is 65.1 Å². The van der Waals surface area contributed by atoms with Gasteiger partial charge in [0, 0.05) is 48.3 Å². The van der Waals surface area contributed by atoms with Crippen molar-refractivity contribution in [3.05, 3.63) is 78.8 Å². The number of hydrogen-bond donors (Lipinski definition) is 1. The smallest absolute Gasteiger partial charge is 0.305 e. The number of fused-ring (bicyclic) bond motifs is 3. The van der Waals surface area contributed by atoms with Gasteiger partial charge in [0.1, 0.15) is 5.69 Å². The highest BCUT2D eigenvalue weighted by Crippen LogP contribution is 2.61. The molecule has 1 saturated carbocycles. The molecule has 0 bridgehead atoms. The summed E-state index contributed by atoms with van der Waals surface area (Å²) >= 11 is 2.85. The van der Waals surface area contributed by atoms with Gasteiger partial charge in [-0.3, -0.25) is 24.5 Å². The normalized spacial score (nSPS) is 30.6. The average molecular weight is 620 g/mol. The van der Waals surface area contributed by atoms with E-state index < -0.39 is 16.8 Å². The van der Waals surface area contributed by atoms with Crippen LogP contribution >= 0.6 is 23.1 Å². The number of likely N-dealkylation sites (N-methyl/N-ethyl adjacent to an activating group) is 1. The Morgan fingerprint density at radius 3 is 2.28 bits per heavy atom. The zero-order chi connectivity index (χ0) is 30.2. The number of carbonyl (C=O) groups excluding carboxylic acids is 2. The Morgan fingerprint density at radius 2 is 1.60 bits per heavy atom. The van der Waals surface area contributed by atoms with Crippen LogP contribution in [0, 0.1) is 39.7 Å². The van der Waals surface area contributed by atoms with Gasteiger partial charge < -0.3 is 14.8 Å². The number of hydrogen-bond acceptors (Lipinski definition) is 9. The highest BCUT2D eigenvalue weighted by atomic mass is 32.2. The van der Waals surface area contributed by atoms with Gasteiger partial charge in [-0.2, -0.15) is 0 Å². The summed E-state index contributed by atoms with van der Waals surface area (Å²) in [5.74, 6) is -2.05. The molecule has 224 valence electrons. The average Bonchev–Trinajstić information content (AvgIpc) is 3.50. The standard InChI is InChI=1S/C31H33N5O5S2/c1-16-22-25(18-7-5-4-6-8-18)27-28(32-31(39)43-27)42-26(22)17(2)24-23(16)29(37)35(30(24)38)19-9-10-20(21(15-19)36(40)41)34-13-11-33(3)12-14-34/h4-10,15-17,22-26H,11-14H2,1-3H3,(H,32,39)/t16-,17-,22-,23+,24-,25-,26-/m1/s1. The van der Waals surface area contributed by atoms with Crippen molar-refractivity contribution >= 4 is 52.0 Å². The summed E-state index contributed by atoms with van der Waals surface area (Å²) in [4.78, 5) is 62.0. The van der Waals surface area contributed by atoms with E-state index >= 15 is 0 Å². The predicted octanol–water partition coefficient (Wildman–Crippen LogP) is 4.41. The molecule has 10 nitrogen and oxygen atoms in total. The van der Waals surface area contributed by atoms with Gasteiger partial charge in [0.2, 0.25) is 11.8 Å². The van der Waals surface area contributed by atoms with E-state index in [1.54, 1.807) is 23.9 Å². The summed E-state index contributed by atoms with van der Waals surface area (Å²) in [7, 11) is 2.02. The number of nitro benzene ring substituents is 1. The van der Waals surface area contributed by atoms with E-state index in [9.17, 15) is 24.5 Å². The molecule has 2 saturated heterocycles. The van der Waals surface area contributed by atoms with Crippen molar-refractivity contribution < 1.29 is 14.5 Å². The van der Waals surface area contributed by atoms with Crippen LogP contribution in [0.3, 0.4) is 0 Å². The fourth-order valence-corrected chi connectivity index (χ4v) is 10.8. The molecule has 1 N–H and O–H groups in total. The highest BCUT2D eigenvalue weighted by molar-refractivity contribution is 8.00. The third kappa shape index (κ3) is 4.44. The molecule has 3 aliphatic heterocycles. The van der Waals surface area contributed by atoms with Gasteiger partial charge in [-0.25, -0.2) is 4.90 Å². The van der Waals surface area contributed by atoms with Crippen molar-refractivity contribution in [2.75, 3.05) is 43.0 Å². The Labute approximate surface area is 257 Å². The lowest BCUT2D eigenvalue weighted by atomic mass is 9.59. The lowest BCUT2D eigenvalue weighted by Crippen LogP contribution is -2.50. The number of piperazine rings is 1. The molecule has 0 spiro atoms.